The number of aryl methyl sites for hydroxylation is 1. The topological polar surface area (TPSA) is 32.3 Å². The van der Waals surface area contributed by atoms with Gasteiger partial charge in [-0.3, -0.25) is 0 Å². The first kappa shape index (κ1) is 14.4. The monoisotopic (exact) mass is 320 g/mol. The number of hydrogen-bond acceptors (Lipinski definition) is 2. The van der Waals surface area contributed by atoms with Crippen molar-refractivity contribution in [1.29, 1.82) is 0 Å². The van der Waals surface area contributed by atoms with Crippen molar-refractivity contribution in [3.8, 4) is 0 Å². The lowest BCUT2D eigenvalue weighted by molar-refractivity contribution is 0.208. The average molecular weight is 321 g/mol. The first-order valence-corrected chi connectivity index (χ1v) is 8.28. The van der Waals surface area contributed by atoms with Crippen LogP contribution in [0.3, 0.4) is 0 Å². The van der Waals surface area contributed by atoms with Gasteiger partial charge in [0, 0.05) is 22.1 Å². The highest BCUT2D eigenvalue weighted by molar-refractivity contribution is 7.10. The number of thiophene rings is 1. The van der Waals surface area contributed by atoms with Crippen molar-refractivity contribution in [1.82, 2.24) is 4.90 Å². The zero-order valence-electron chi connectivity index (χ0n) is 11.8. The van der Waals surface area contributed by atoms with Crippen molar-refractivity contribution >= 4 is 34.7 Å². The van der Waals surface area contributed by atoms with Crippen molar-refractivity contribution in [2.75, 3.05) is 11.9 Å². The predicted molar refractivity (Wildman–Crippen MR) is 88.2 cm³/mol. The number of nitrogens with zero attached hydrogens (tertiary/aromatic N) is 1. The maximum Gasteiger partial charge on any atom is 0.322 e. The van der Waals surface area contributed by atoms with Crippen molar-refractivity contribution in [3.63, 3.8) is 0 Å². The second kappa shape index (κ2) is 6.08. The summed E-state index contributed by atoms with van der Waals surface area (Å²) in [6.07, 6.45) is 2.08. The molecule has 0 saturated carbocycles. The van der Waals surface area contributed by atoms with Crippen molar-refractivity contribution in [3.05, 3.63) is 51.2 Å². The number of carbonyl (C=O) groups is 1. The summed E-state index contributed by atoms with van der Waals surface area (Å²) in [4.78, 5) is 15.7. The number of nitrogens with one attached hydrogen (secondary N) is 1. The third kappa shape index (κ3) is 3.06. The Morgan fingerprint density at radius 3 is 3.05 bits per heavy atom. The normalized spacial score (nSPS) is 18.0. The van der Waals surface area contributed by atoms with E-state index in [9.17, 15) is 4.79 Å². The smallest absolute Gasteiger partial charge is 0.317 e. The van der Waals surface area contributed by atoms with Gasteiger partial charge in [0.25, 0.3) is 0 Å². The second-order valence-electron chi connectivity index (χ2n) is 5.26. The third-order valence-corrected chi connectivity index (χ3v) is 5.04. The van der Waals surface area contributed by atoms with Crippen LogP contribution < -0.4 is 5.32 Å². The zero-order valence-corrected chi connectivity index (χ0v) is 13.4. The minimum atomic E-state index is -0.0451. The molecule has 3 rings (SSSR count). The molecule has 110 valence electrons. The van der Waals surface area contributed by atoms with Crippen LogP contribution in [0.25, 0.3) is 0 Å². The van der Waals surface area contributed by atoms with E-state index in [0.29, 0.717) is 5.02 Å². The molecule has 0 unspecified atom stereocenters. The molecule has 5 heteroatoms. The van der Waals surface area contributed by atoms with E-state index in [1.807, 2.05) is 30.0 Å². The van der Waals surface area contributed by atoms with Gasteiger partial charge in [0.15, 0.2) is 0 Å². The van der Waals surface area contributed by atoms with E-state index in [2.05, 4.69) is 16.8 Å². The summed E-state index contributed by atoms with van der Waals surface area (Å²) in [5.41, 5.74) is 1.80. The average Bonchev–Trinajstić information content (AvgIpc) is 3.12. The number of halogens is 1. The molecular weight excluding hydrogens is 304 g/mol. The summed E-state index contributed by atoms with van der Waals surface area (Å²) in [7, 11) is 0. The summed E-state index contributed by atoms with van der Waals surface area (Å²) in [5, 5.41) is 5.68. The maximum atomic E-state index is 12.6. The minimum absolute atomic E-state index is 0.0451. The quantitative estimate of drug-likeness (QED) is 0.822. The van der Waals surface area contributed by atoms with Gasteiger partial charge in [0.2, 0.25) is 0 Å². The van der Waals surface area contributed by atoms with Crippen LogP contribution in [0.2, 0.25) is 5.02 Å². The fraction of sp³-hybridized carbons (Fsp3) is 0.312. The van der Waals surface area contributed by atoms with Crippen molar-refractivity contribution in [2.45, 2.75) is 25.8 Å². The molecule has 1 saturated heterocycles. The molecule has 0 radical (unpaired) electrons. The van der Waals surface area contributed by atoms with Crippen LogP contribution in [0, 0.1) is 6.92 Å². The van der Waals surface area contributed by atoms with Crippen LogP contribution in [0.15, 0.2) is 35.7 Å². The molecule has 1 aliphatic rings. The molecule has 0 aliphatic carbocycles. The molecule has 1 aromatic heterocycles. The van der Waals surface area contributed by atoms with E-state index in [0.717, 1.165) is 30.6 Å². The summed E-state index contributed by atoms with van der Waals surface area (Å²) in [5.74, 6) is 0. The Hall–Kier alpha value is -1.52. The number of rotatable bonds is 2. The third-order valence-electron chi connectivity index (χ3n) is 3.83. The van der Waals surface area contributed by atoms with E-state index in [-0.39, 0.29) is 12.1 Å². The molecule has 1 atom stereocenters. The summed E-state index contributed by atoms with van der Waals surface area (Å²) >= 11 is 7.72. The van der Waals surface area contributed by atoms with Crippen LogP contribution in [-0.4, -0.2) is 17.5 Å². The lowest BCUT2D eigenvalue weighted by Crippen LogP contribution is -2.34. The Kier molecular flexibility index (Phi) is 4.17. The van der Waals surface area contributed by atoms with Gasteiger partial charge in [-0.15, -0.1) is 11.3 Å². The van der Waals surface area contributed by atoms with E-state index in [1.54, 1.807) is 17.4 Å². The van der Waals surface area contributed by atoms with Gasteiger partial charge in [-0.1, -0.05) is 23.7 Å². The van der Waals surface area contributed by atoms with Gasteiger partial charge in [-0.05, 0) is 48.9 Å². The molecule has 3 nitrogen and oxygen atoms in total. The number of hydrogen-bond donors (Lipinski definition) is 1. The number of carbonyl (C=O) groups excluding carboxylic acids is 1. The summed E-state index contributed by atoms with van der Waals surface area (Å²) in [6.45, 7) is 2.76. The molecule has 0 bridgehead atoms. The Bertz CT molecular complexity index is 642. The molecule has 2 aromatic rings. The molecule has 1 aliphatic heterocycles. The van der Waals surface area contributed by atoms with Crippen LogP contribution in [0.5, 0.6) is 0 Å². The van der Waals surface area contributed by atoms with Gasteiger partial charge in [0.1, 0.15) is 0 Å². The van der Waals surface area contributed by atoms with Gasteiger partial charge >= 0.3 is 6.03 Å². The highest BCUT2D eigenvalue weighted by Gasteiger charge is 2.30. The largest absolute Gasteiger partial charge is 0.322 e. The fourth-order valence-corrected chi connectivity index (χ4v) is 3.75. The van der Waals surface area contributed by atoms with E-state index in [4.69, 9.17) is 11.6 Å². The number of benzene rings is 1. The first-order valence-electron chi connectivity index (χ1n) is 7.02. The zero-order chi connectivity index (χ0) is 14.8. The van der Waals surface area contributed by atoms with E-state index < -0.39 is 0 Å². The van der Waals surface area contributed by atoms with Crippen LogP contribution in [0.4, 0.5) is 10.5 Å². The predicted octanol–water partition coefficient (Wildman–Crippen LogP) is 5.08. The number of likely N-dealkylation sites (tertiary alicyclic amines) is 1. The molecular formula is C16H17ClN2OS. The van der Waals surface area contributed by atoms with Gasteiger partial charge in [-0.2, -0.15) is 0 Å². The molecule has 1 aromatic carbocycles. The SMILES string of the molecule is Cc1ccc(Cl)cc1NC(=O)N1CCC[C@H]1c1cccs1. The van der Waals surface area contributed by atoms with E-state index in [1.165, 1.54) is 4.88 Å². The summed E-state index contributed by atoms with van der Waals surface area (Å²) in [6, 6.07) is 9.84. The van der Waals surface area contributed by atoms with Gasteiger partial charge < -0.3 is 10.2 Å². The highest BCUT2D eigenvalue weighted by atomic mass is 35.5. The first-order chi connectivity index (χ1) is 10.1. The minimum Gasteiger partial charge on any atom is -0.317 e. The van der Waals surface area contributed by atoms with Crippen LogP contribution in [-0.2, 0) is 0 Å². The summed E-state index contributed by atoms with van der Waals surface area (Å²) < 4.78 is 0. The number of amides is 2. The molecule has 1 N–H and O–H groups in total. The van der Waals surface area contributed by atoms with Crippen LogP contribution >= 0.6 is 22.9 Å². The Morgan fingerprint density at radius 1 is 1.43 bits per heavy atom. The molecule has 0 spiro atoms. The maximum absolute atomic E-state index is 12.6. The second-order valence-corrected chi connectivity index (χ2v) is 6.67. The molecule has 2 heterocycles. The number of urea groups is 1. The Morgan fingerprint density at radius 2 is 2.29 bits per heavy atom. The molecule has 2 amide bonds. The van der Waals surface area contributed by atoms with E-state index >= 15 is 0 Å². The van der Waals surface area contributed by atoms with Crippen molar-refractivity contribution in [2.24, 2.45) is 0 Å². The molecule has 21 heavy (non-hydrogen) atoms. The lowest BCUT2D eigenvalue weighted by atomic mass is 10.2. The van der Waals surface area contributed by atoms with Gasteiger partial charge in [0.05, 0.1) is 6.04 Å². The highest BCUT2D eigenvalue weighted by Crippen LogP contribution is 2.35. The van der Waals surface area contributed by atoms with Gasteiger partial charge in [-0.25, -0.2) is 4.79 Å². The Labute approximate surface area is 133 Å². The van der Waals surface area contributed by atoms with Crippen LogP contribution in [0.1, 0.15) is 29.3 Å². The number of anilines is 1. The lowest BCUT2D eigenvalue weighted by Gasteiger charge is -2.24. The Balaban J connectivity index is 1.77. The molecule has 1 fully saturated rings. The fourth-order valence-electron chi connectivity index (χ4n) is 2.70. The van der Waals surface area contributed by atoms with Crippen molar-refractivity contribution < 1.29 is 4.79 Å². The standard InChI is InChI=1S/C16H17ClN2OS/c1-11-6-7-12(17)10-13(11)18-16(20)19-8-2-4-14(19)15-5-3-9-21-15/h3,5-7,9-10,14H,2,4,8H2,1H3,(H,18,20)/t14-/m0/s1.